The maximum atomic E-state index is 6.00. The molecule has 0 aromatic heterocycles. The summed E-state index contributed by atoms with van der Waals surface area (Å²) in [6.45, 7) is 8.86. The Morgan fingerprint density at radius 1 is 1.05 bits per heavy atom. The van der Waals surface area contributed by atoms with Crippen LogP contribution in [0.5, 0.6) is 5.75 Å². The Labute approximate surface area is 136 Å². The molecule has 22 heavy (non-hydrogen) atoms. The minimum absolute atomic E-state index is 0.163. The molecule has 0 N–H and O–H groups in total. The van der Waals surface area contributed by atoms with E-state index in [1.54, 1.807) is 0 Å². The molecule has 2 heteroatoms. The van der Waals surface area contributed by atoms with Crippen molar-refractivity contribution in [3.63, 3.8) is 0 Å². The number of aryl methyl sites for hydroxylation is 1. The van der Waals surface area contributed by atoms with E-state index in [4.69, 9.17) is 9.47 Å². The summed E-state index contributed by atoms with van der Waals surface area (Å²) >= 11 is 0. The molecule has 2 rings (SSSR count). The average Bonchev–Trinajstić information content (AvgIpc) is 2.47. The minimum Gasteiger partial charge on any atom is -0.465 e. The molecule has 1 atom stereocenters. The van der Waals surface area contributed by atoms with Crippen LogP contribution in [0.2, 0.25) is 0 Å². The summed E-state index contributed by atoms with van der Waals surface area (Å²) in [5, 5.41) is 0. The monoisotopic (exact) mass is 304 g/mol. The molecule has 0 spiro atoms. The van der Waals surface area contributed by atoms with Crippen molar-refractivity contribution in [2.24, 2.45) is 5.41 Å². The van der Waals surface area contributed by atoms with Gasteiger partial charge in [0.1, 0.15) is 5.75 Å². The molecule has 1 saturated carbocycles. The fourth-order valence-corrected chi connectivity index (χ4v) is 2.95. The van der Waals surface area contributed by atoms with Crippen LogP contribution >= 0.6 is 0 Å². The van der Waals surface area contributed by atoms with Crippen molar-refractivity contribution in [1.29, 1.82) is 0 Å². The Bertz CT molecular complexity index is 424. The van der Waals surface area contributed by atoms with E-state index in [2.05, 4.69) is 45.0 Å². The third kappa shape index (κ3) is 6.39. The van der Waals surface area contributed by atoms with Gasteiger partial charge in [0, 0.05) is 0 Å². The zero-order valence-electron chi connectivity index (χ0n) is 14.7. The van der Waals surface area contributed by atoms with Crippen molar-refractivity contribution < 1.29 is 9.47 Å². The van der Waals surface area contributed by atoms with E-state index in [-0.39, 0.29) is 6.29 Å². The van der Waals surface area contributed by atoms with E-state index in [1.165, 1.54) is 44.1 Å². The first kappa shape index (κ1) is 17.3. The van der Waals surface area contributed by atoms with Crippen molar-refractivity contribution in [3.8, 4) is 5.75 Å². The first-order chi connectivity index (χ1) is 10.4. The van der Waals surface area contributed by atoms with Gasteiger partial charge in [0.15, 0.2) is 6.29 Å². The number of rotatable bonds is 6. The van der Waals surface area contributed by atoms with Crippen LogP contribution in [0.15, 0.2) is 24.3 Å². The minimum atomic E-state index is -0.163. The molecule has 0 heterocycles. The molecule has 0 aliphatic heterocycles. The van der Waals surface area contributed by atoms with E-state index in [1.807, 2.05) is 6.92 Å². The number of benzene rings is 1. The van der Waals surface area contributed by atoms with Gasteiger partial charge in [-0.15, -0.1) is 0 Å². The third-order valence-corrected chi connectivity index (χ3v) is 4.33. The standard InChI is InChI=1S/C20H32O2/c1-16(21-18-8-6-5-7-9-18)22-19-12-10-17(11-13-19)14-15-20(2,3)4/h10-13,16,18H,5-9,14-15H2,1-4H3. The quantitative estimate of drug-likeness (QED) is 0.624. The fourth-order valence-electron chi connectivity index (χ4n) is 2.95. The second kappa shape index (κ2) is 8.01. The smallest absolute Gasteiger partial charge is 0.197 e. The van der Waals surface area contributed by atoms with E-state index in [9.17, 15) is 0 Å². The Kier molecular flexibility index (Phi) is 6.31. The molecular weight excluding hydrogens is 272 g/mol. The summed E-state index contributed by atoms with van der Waals surface area (Å²) < 4.78 is 11.9. The molecule has 1 aliphatic carbocycles. The first-order valence-corrected chi connectivity index (χ1v) is 8.83. The van der Waals surface area contributed by atoms with E-state index < -0.39 is 0 Å². The molecule has 0 bridgehead atoms. The van der Waals surface area contributed by atoms with Gasteiger partial charge in [0.25, 0.3) is 0 Å². The van der Waals surface area contributed by atoms with Crippen molar-refractivity contribution in [2.45, 2.75) is 85.0 Å². The Hall–Kier alpha value is -1.02. The summed E-state index contributed by atoms with van der Waals surface area (Å²) in [7, 11) is 0. The fraction of sp³-hybridized carbons (Fsp3) is 0.700. The molecule has 1 fully saturated rings. The highest BCUT2D eigenvalue weighted by molar-refractivity contribution is 5.27. The topological polar surface area (TPSA) is 18.5 Å². The van der Waals surface area contributed by atoms with Crippen LogP contribution in [0.4, 0.5) is 0 Å². The van der Waals surface area contributed by atoms with E-state index >= 15 is 0 Å². The molecule has 124 valence electrons. The lowest BCUT2D eigenvalue weighted by atomic mass is 9.89. The lowest BCUT2D eigenvalue weighted by Crippen LogP contribution is -2.26. The Morgan fingerprint density at radius 2 is 1.68 bits per heavy atom. The molecule has 1 aromatic rings. The van der Waals surface area contributed by atoms with Crippen LogP contribution in [0.25, 0.3) is 0 Å². The van der Waals surface area contributed by atoms with E-state index in [0.29, 0.717) is 11.5 Å². The molecule has 0 radical (unpaired) electrons. The highest BCUT2D eigenvalue weighted by Crippen LogP contribution is 2.24. The third-order valence-electron chi connectivity index (χ3n) is 4.33. The Morgan fingerprint density at radius 3 is 2.27 bits per heavy atom. The van der Waals surface area contributed by atoms with E-state index in [0.717, 1.165) is 12.2 Å². The molecule has 0 amide bonds. The average molecular weight is 304 g/mol. The van der Waals surface area contributed by atoms with Crippen LogP contribution in [-0.4, -0.2) is 12.4 Å². The SMILES string of the molecule is CC(Oc1ccc(CCC(C)(C)C)cc1)OC1CCCCC1. The lowest BCUT2D eigenvalue weighted by Gasteiger charge is -2.26. The van der Waals surface area contributed by atoms with Gasteiger partial charge in [-0.1, -0.05) is 52.2 Å². The molecule has 0 saturated heterocycles. The van der Waals surface area contributed by atoms with Crippen molar-refractivity contribution in [3.05, 3.63) is 29.8 Å². The summed E-state index contributed by atoms with van der Waals surface area (Å²) in [5.41, 5.74) is 1.76. The maximum Gasteiger partial charge on any atom is 0.197 e. The van der Waals surface area contributed by atoms with Gasteiger partial charge in [-0.3, -0.25) is 0 Å². The van der Waals surface area contributed by atoms with Crippen LogP contribution in [0, 0.1) is 5.41 Å². The highest BCUT2D eigenvalue weighted by Gasteiger charge is 2.17. The normalized spacial score (nSPS) is 18.2. The predicted molar refractivity (Wildman–Crippen MR) is 92.3 cm³/mol. The van der Waals surface area contributed by atoms with Gasteiger partial charge in [0.05, 0.1) is 6.10 Å². The highest BCUT2D eigenvalue weighted by atomic mass is 16.7. The van der Waals surface area contributed by atoms with Gasteiger partial charge in [-0.2, -0.15) is 0 Å². The largest absolute Gasteiger partial charge is 0.465 e. The molecule has 1 unspecified atom stereocenters. The number of hydrogen-bond acceptors (Lipinski definition) is 2. The van der Waals surface area contributed by atoms with Gasteiger partial charge in [-0.25, -0.2) is 0 Å². The van der Waals surface area contributed by atoms with Crippen molar-refractivity contribution in [2.75, 3.05) is 0 Å². The van der Waals surface area contributed by atoms with Gasteiger partial charge >= 0.3 is 0 Å². The number of hydrogen-bond donors (Lipinski definition) is 0. The lowest BCUT2D eigenvalue weighted by molar-refractivity contribution is -0.116. The first-order valence-electron chi connectivity index (χ1n) is 8.83. The predicted octanol–water partition coefficient (Wildman–Crippen LogP) is 5.74. The summed E-state index contributed by atoms with van der Waals surface area (Å²) in [6, 6.07) is 8.49. The maximum absolute atomic E-state index is 6.00. The molecule has 1 aromatic carbocycles. The summed E-state index contributed by atoms with van der Waals surface area (Å²) in [4.78, 5) is 0. The zero-order chi connectivity index (χ0) is 16.0. The second-order valence-corrected chi connectivity index (χ2v) is 7.79. The summed E-state index contributed by atoms with van der Waals surface area (Å²) in [5.74, 6) is 0.905. The number of ether oxygens (including phenoxy) is 2. The van der Waals surface area contributed by atoms with Gasteiger partial charge < -0.3 is 9.47 Å². The molecular formula is C20H32O2. The van der Waals surface area contributed by atoms with Crippen molar-refractivity contribution in [1.82, 2.24) is 0 Å². The van der Waals surface area contributed by atoms with Crippen LogP contribution in [0.3, 0.4) is 0 Å². The Balaban J connectivity index is 1.77. The molecule has 1 aliphatic rings. The van der Waals surface area contributed by atoms with Crippen molar-refractivity contribution >= 4 is 0 Å². The summed E-state index contributed by atoms with van der Waals surface area (Å²) in [6.07, 6.45) is 8.84. The van der Waals surface area contributed by atoms with Gasteiger partial charge in [-0.05, 0) is 55.7 Å². The zero-order valence-corrected chi connectivity index (χ0v) is 14.7. The molecule has 2 nitrogen and oxygen atoms in total. The van der Waals surface area contributed by atoms with Crippen LogP contribution in [-0.2, 0) is 11.2 Å². The second-order valence-electron chi connectivity index (χ2n) is 7.79. The van der Waals surface area contributed by atoms with Crippen LogP contribution < -0.4 is 4.74 Å². The van der Waals surface area contributed by atoms with Crippen LogP contribution in [0.1, 0.15) is 71.8 Å². The van der Waals surface area contributed by atoms with Gasteiger partial charge in [0.2, 0.25) is 0 Å².